The Morgan fingerprint density at radius 1 is 1.53 bits per heavy atom. The van der Waals surface area contributed by atoms with Crippen LogP contribution in [0.2, 0.25) is 0 Å². The van der Waals surface area contributed by atoms with E-state index in [0.29, 0.717) is 5.56 Å². The summed E-state index contributed by atoms with van der Waals surface area (Å²) in [6.07, 6.45) is 4.15. The summed E-state index contributed by atoms with van der Waals surface area (Å²) < 4.78 is 35.5. The van der Waals surface area contributed by atoms with Gasteiger partial charge in [-0.05, 0) is 12.5 Å². The van der Waals surface area contributed by atoms with Gasteiger partial charge in [-0.25, -0.2) is 13.0 Å². The van der Waals surface area contributed by atoms with Crippen LogP contribution in [-0.4, -0.2) is 17.4 Å². The van der Waals surface area contributed by atoms with Crippen LogP contribution in [0.25, 0.3) is 0 Å². The van der Waals surface area contributed by atoms with Crippen molar-refractivity contribution >= 4 is 32.7 Å². The number of halogens is 1. The maximum absolute atomic E-state index is 10.9. The summed E-state index contributed by atoms with van der Waals surface area (Å²) in [5, 5.41) is 0. The summed E-state index contributed by atoms with van der Waals surface area (Å²) in [4.78, 5) is -0.126. The molecule has 0 bridgehead atoms. The minimum atomic E-state index is -4.35. The number of aromatic nitrogens is 1. The van der Waals surface area contributed by atoms with Crippen LogP contribution in [0.4, 0.5) is 0 Å². The summed E-state index contributed by atoms with van der Waals surface area (Å²) in [5.41, 5.74) is 0.496. The van der Waals surface area contributed by atoms with Crippen molar-refractivity contribution in [2.75, 3.05) is 4.43 Å². The number of hydrogen-bond donors (Lipinski definition) is 0. The molecule has 15 heavy (non-hydrogen) atoms. The summed E-state index contributed by atoms with van der Waals surface area (Å²) in [6.45, 7) is 2.35. The zero-order chi connectivity index (χ0) is 11.5. The van der Waals surface area contributed by atoms with E-state index in [2.05, 4.69) is 22.6 Å². The molecule has 0 saturated heterocycles. The highest BCUT2D eigenvalue weighted by Gasteiger charge is 2.11. The smallest absolute Gasteiger partial charge is 0.186 e. The lowest BCUT2D eigenvalue weighted by molar-refractivity contribution is -0.698. The van der Waals surface area contributed by atoms with Gasteiger partial charge in [-0.2, -0.15) is 0 Å². The number of hydrogen-bond acceptors (Lipinski definition) is 3. The molecular weight excluding hydrogens is 329 g/mol. The molecule has 84 valence electrons. The van der Waals surface area contributed by atoms with Crippen LogP contribution in [0.5, 0.6) is 0 Å². The zero-order valence-corrected chi connectivity index (χ0v) is 11.3. The molecule has 0 unspecified atom stereocenters. The van der Waals surface area contributed by atoms with E-state index >= 15 is 0 Å². The Labute approximate surface area is 103 Å². The minimum Gasteiger partial charge on any atom is -0.744 e. The number of aryl methyl sites for hydroxylation is 2. The molecule has 0 aliphatic heterocycles. The van der Waals surface area contributed by atoms with Crippen molar-refractivity contribution < 1.29 is 17.5 Å². The quantitative estimate of drug-likeness (QED) is 0.355. The van der Waals surface area contributed by atoms with Crippen LogP contribution in [-0.2, 0) is 16.7 Å². The lowest BCUT2D eigenvalue weighted by Gasteiger charge is -2.08. The minimum absolute atomic E-state index is 0.126. The van der Waals surface area contributed by atoms with Gasteiger partial charge < -0.3 is 4.55 Å². The Hall–Kier alpha value is -0.210. The normalized spacial score (nSPS) is 11.7. The van der Waals surface area contributed by atoms with Crippen molar-refractivity contribution in [3.63, 3.8) is 0 Å². The summed E-state index contributed by atoms with van der Waals surface area (Å²) >= 11 is 2.25. The number of nitrogens with zero attached hydrogens (tertiary/aromatic N) is 1. The fraction of sp³-hybridized carbons (Fsp3) is 0.444. The van der Waals surface area contributed by atoms with Gasteiger partial charge in [0, 0.05) is 16.9 Å². The van der Waals surface area contributed by atoms with E-state index in [1.807, 2.05) is 0 Å². The number of pyridine rings is 1. The average Bonchev–Trinajstić information content (AvgIpc) is 2.15. The van der Waals surface area contributed by atoms with Crippen LogP contribution in [0.3, 0.4) is 0 Å². The van der Waals surface area contributed by atoms with Gasteiger partial charge in [-0.1, -0.05) is 22.6 Å². The molecule has 4 nitrogen and oxygen atoms in total. The zero-order valence-electron chi connectivity index (χ0n) is 8.31. The van der Waals surface area contributed by atoms with Crippen LogP contribution < -0.4 is 4.57 Å². The molecule has 0 spiro atoms. The van der Waals surface area contributed by atoms with Gasteiger partial charge in [0.2, 0.25) is 0 Å². The third-order valence-corrected chi connectivity index (χ3v) is 3.74. The van der Waals surface area contributed by atoms with Gasteiger partial charge in [-0.15, -0.1) is 0 Å². The third-order valence-electron chi connectivity index (χ3n) is 2.01. The van der Waals surface area contributed by atoms with Crippen molar-refractivity contribution in [3.8, 4) is 0 Å². The average molecular weight is 341 g/mol. The van der Waals surface area contributed by atoms with Gasteiger partial charge in [-0.3, -0.25) is 0 Å². The topological polar surface area (TPSA) is 61.1 Å². The monoisotopic (exact) mass is 341 g/mol. The van der Waals surface area contributed by atoms with E-state index < -0.39 is 10.1 Å². The van der Waals surface area contributed by atoms with E-state index in [0.717, 1.165) is 17.4 Å². The van der Waals surface area contributed by atoms with Gasteiger partial charge >= 0.3 is 0 Å². The predicted octanol–water partition coefficient (Wildman–Crippen LogP) is 1.01. The summed E-state index contributed by atoms with van der Waals surface area (Å²) in [5.74, 6) is 0. The first kappa shape index (κ1) is 12.9. The fourth-order valence-electron chi connectivity index (χ4n) is 1.23. The summed E-state index contributed by atoms with van der Waals surface area (Å²) in [7, 11) is -4.35. The van der Waals surface area contributed by atoms with Gasteiger partial charge in [0.15, 0.2) is 12.4 Å². The van der Waals surface area contributed by atoms with E-state index in [9.17, 15) is 13.0 Å². The van der Waals surface area contributed by atoms with E-state index in [4.69, 9.17) is 0 Å². The molecule has 1 aromatic rings. The molecule has 0 saturated carbocycles. The van der Waals surface area contributed by atoms with E-state index in [-0.39, 0.29) is 4.90 Å². The number of alkyl halides is 1. The molecule has 0 amide bonds. The van der Waals surface area contributed by atoms with Crippen molar-refractivity contribution in [1.82, 2.24) is 0 Å². The van der Waals surface area contributed by atoms with Crippen molar-refractivity contribution in [2.24, 2.45) is 0 Å². The Kier molecular flexibility index (Phi) is 4.47. The van der Waals surface area contributed by atoms with Gasteiger partial charge in [0.25, 0.3) is 0 Å². The Morgan fingerprint density at radius 2 is 2.20 bits per heavy atom. The molecule has 0 radical (unpaired) electrons. The van der Waals surface area contributed by atoms with E-state index in [1.54, 1.807) is 23.8 Å². The highest BCUT2D eigenvalue weighted by molar-refractivity contribution is 14.1. The molecule has 0 N–H and O–H groups in total. The Morgan fingerprint density at radius 3 is 2.73 bits per heavy atom. The molecule has 0 aliphatic carbocycles. The van der Waals surface area contributed by atoms with Crippen LogP contribution >= 0.6 is 22.6 Å². The van der Waals surface area contributed by atoms with E-state index in [1.165, 1.54) is 6.20 Å². The van der Waals surface area contributed by atoms with Crippen molar-refractivity contribution in [3.05, 3.63) is 24.0 Å². The highest BCUT2D eigenvalue weighted by atomic mass is 127. The Bertz CT molecular complexity index is 445. The van der Waals surface area contributed by atoms with Crippen LogP contribution in [0.1, 0.15) is 12.0 Å². The van der Waals surface area contributed by atoms with Gasteiger partial charge in [0.05, 0.1) is 0 Å². The predicted molar refractivity (Wildman–Crippen MR) is 62.8 cm³/mol. The Balaban J connectivity index is 3.06. The fourth-order valence-corrected chi connectivity index (χ4v) is 2.30. The largest absolute Gasteiger partial charge is 0.744 e. The van der Waals surface area contributed by atoms with Crippen LogP contribution in [0, 0.1) is 6.92 Å². The lowest BCUT2D eigenvalue weighted by atomic mass is 10.3. The SMILES string of the molecule is Cc1cc[n+](CCCI)cc1S(=O)(=O)[O-]. The molecular formula is C9H12INO3S. The first-order valence-corrected chi connectivity index (χ1v) is 7.40. The highest BCUT2D eigenvalue weighted by Crippen LogP contribution is 2.10. The first-order chi connectivity index (χ1) is 6.95. The molecule has 1 rings (SSSR count). The lowest BCUT2D eigenvalue weighted by Crippen LogP contribution is -2.34. The molecule has 6 heteroatoms. The second-order valence-electron chi connectivity index (χ2n) is 3.23. The third kappa shape index (κ3) is 3.69. The standard InChI is InChI=1S/C9H12INO3S/c1-8-3-6-11(5-2-4-10)7-9(8)15(12,13)14/h3,6-7H,2,4-5H2,1H3. The van der Waals surface area contributed by atoms with Crippen LogP contribution in [0.15, 0.2) is 23.4 Å². The molecule has 0 fully saturated rings. The van der Waals surface area contributed by atoms with Crippen molar-refractivity contribution in [1.29, 1.82) is 0 Å². The van der Waals surface area contributed by atoms with Gasteiger partial charge in [0.1, 0.15) is 21.6 Å². The second kappa shape index (κ2) is 5.22. The molecule has 0 atom stereocenters. The maximum atomic E-state index is 10.9. The maximum Gasteiger partial charge on any atom is 0.186 e. The summed E-state index contributed by atoms with van der Waals surface area (Å²) in [6, 6.07) is 1.65. The first-order valence-electron chi connectivity index (χ1n) is 4.46. The number of rotatable bonds is 4. The molecule has 0 aliphatic rings. The molecule has 0 aromatic carbocycles. The molecule has 1 aromatic heterocycles. The molecule has 1 heterocycles. The second-order valence-corrected chi connectivity index (χ2v) is 5.65. The van der Waals surface area contributed by atoms with Crippen molar-refractivity contribution in [2.45, 2.75) is 24.8 Å².